The van der Waals surface area contributed by atoms with E-state index in [0.717, 1.165) is 15.1 Å². The number of H-pyrrole nitrogens is 1. The van der Waals surface area contributed by atoms with E-state index in [1.165, 1.54) is 20.0 Å². The first-order valence-corrected chi connectivity index (χ1v) is 11.1. The number of fused-ring (bicyclic) bond motifs is 1. The number of amides is 1. The van der Waals surface area contributed by atoms with Crippen LogP contribution in [0.1, 0.15) is 20.3 Å². The summed E-state index contributed by atoms with van der Waals surface area (Å²) in [7, 11) is -2.74. The van der Waals surface area contributed by atoms with Crippen LogP contribution in [0.2, 0.25) is 0 Å². The summed E-state index contributed by atoms with van der Waals surface area (Å²) in [6, 6.07) is 8.87. The van der Waals surface area contributed by atoms with Crippen molar-refractivity contribution in [3.63, 3.8) is 0 Å². The molecule has 3 rings (SSSR count). The molecule has 164 valence electrons. The van der Waals surface area contributed by atoms with Gasteiger partial charge in [0, 0.05) is 25.5 Å². The van der Waals surface area contributed by atoms with Gasteiger partial charge in [0.25, 0.3) is 5.56 Å². The van der Waals surface area contributed by atoms with Gasteiger partial charge in [0.05, 0.1) is 5.39 Å². The number of nitrogens with zero attached hydrogens (tertiary/aromatic N) is 3. The van der Waals surface area contributed by atoms with Gasteiger partial charge in [-0.3, -0.25) is 19.1 Å². The highest BCUT2D eigenvalue weighted by atomic mass is 32.2. The van der Waals surface area contributed by atoms with Crippen LogP contribution < -0.4 is 16.6 Å². The number of sulfonamides is 1. The molecule has 3 aromatic rings. The predicted molar refractivity (Wildman–Crippen MR) is 116 cm³/mol. The van der Waals surface area contributed by atoms with Gasteiger partial charge in [0.2, 0.25) is 15.9 Å². The fraction of sp³-hybridized carbons (Fsp3) is 0.300. The molecule has 2 heterocycles. The number of rotatable bonds is 7. The molecule has 2 aromatic heterocycles. The van der Waals surface area contributed by atoms with Crippen LogP contribution in [0.3, 0.4) is 0 Å². The smallest absolute Gasteiger partial charge is 0.325 e. The lowest BCUT2D eigenvalue weighted by Crippen LogP contribution is -2.46. The molecule has 10 nitrogen and oxygen atoms in total. The van der Waals surface area contributed by atoms with Crippen molar-refractivity contribution in [3.8, 4) is 0 Å². The van der Waals surface area contributed by atoms with Crippen molar-refractivity contribution in [1.82, 2.24) is 18.8 Å². The van der Waals surface area contributed by atoms with E-state index < -0.39 is 33.2 Å². The number of carbonyl (C=O) groups is 1. The summed E-state index contributed by atoms with van der Waals surface area (Å²) in [5.74, 6) is -0.489. The highest BCUT2D eigenvalue weighted by Gasteiger charge is 2.33. The topological polar surface area (TPSA) is 134 Å². The molecule has 0 spiro atoms. The molecular weight excluding hydrogens is 422 g/mol. The van der Waals surface area contributed by atoms with Crippen molar-refractivity contribution < 1.29 is 13.2 Å². The molecule has 1 amide bonds. The Labute approximate surface area is 178 Å². The highest BCUT2D eigenvalue weighted by Crippen LogP contribution is 2.21. The number of hydrogen-bond donors (Lipinski definition) is 2. The molecule has 1 aromatic carbocycles. The Morgan fingerprint density at radius 2 is 1.94 bits per heavy atom. The van der Waals surface area contributed by atoms with Gasteiger partial charge in [-0.2, -0.15) is 4.31 Å². The minimum absolute atomic E-state index is 0.0407. The van der Waals surface area contributed by atoms with Gasteiger partial charge in [0.1, 0.15) is 16.6 Å². The molecule has 1 unspecified atom stereocenters. The molecule has 2 N–H and O–H groups in total. The Morgan fingerprint density at radius 1 is 1.26 bits per heavy atom. The largest absolute Gasteiger partial charge is 0.329 e. The molecule has 0 aliphatic rings. The van der Waals surface area contributed by atoms with E-state index in [0.29, 0.717) is 12.1 Å². The Balaban J connectivity index is 2.01. The zero-order chi connectivity index (χ0) is 22.8. The molecule has 11 heteroatoms. The first kappa shape index (κ1) is 22.4. The lowest BCUT2D eigenvalue weighted by atomic mass is 10.2. The maximum atomic E-state index is 13.4. The van der Waals surface area contributed by atoms with Crippen LogP contribution in [-0.4, -0.2) is 45.8 Å². The molecule has 31 heavy (non-hydrogen) atoms. The fourth-order valence-corrected chi connectivity index (χ4v) is 4.79. The maximum Gasteiger partial charge on any atom is 0.329 e. The second kappa shape index (κ2) is 8.82. The molecule has 0 aliphatic carbocycles. The minimum atomic E-state index is -4.16. The van der Waals surface area contributed by atoms with Crippen LogP contribution >= 0.6 is 0 Å². The fourth-order valence-electron chi connectivity index (χ4n) is 3.14. The number of aromatic nitrogens is 3. The number of aromatic amines is 1. The van der Waals surface area contributed by atoms with Crippen LogP contribution in [0, 0.1) is 0 Å². The van der Waals surface area contributed by atoms with E-state index in [1.54, 1.807) is 37.3 Å². The maximum absolute atomic E-state index is 13.4. The molecule has 0 fully saturated rings. The van der Waals surface area contributed by atoms with Crippen LogP contribution in [0.5, 0.6) is 0 Å². The third-order valence-electron chi connectivity index (χ3n) is 4.83. The number of hydrogen-bond acceptors (Lipinski definition) is 6. The standard InChI is InChI=1S/C20H23N5O5S/c1-4-10-25(13(2)18(26)22-14-8-6-5-7-9-14)31(29,30)15-11-16-17(21-12-15)24(3)20(28)23-19(16)27/h5-9,11-13H,4,10H2,1-3H3,(H,22,26)(H,23,27,28). The SMILES string of the molecule is CCCN(C(C)C(=O)Nc1ccccc1)S(=O)(=O)c1cnc2c(c1)c(=O)[nH]c(=O)n2C. The average Bonchev–Trinajstić information content (AvgIpc) is 2.75. The van der Waals surface area contributed by atoms with Crippen LogP contribution in [0.4, 0.5) is 5.69 Å². The lowest BCUT2D eigenvalue weighted by Gasteiger charge is -2.27. The van der Waals surface area contributed by atoms with Crippen molar-refractivity contribution in [2.45, 2.75) is 31.2 Å². The number of benzene rings is 1. The number of aryl methyl sites for hydroxylation is 1. The normalized spacial score (nSPS) is 12.8. The summed E-state index contributed by atoms with van der Waals surface area (Å²) in [5.41, 5.74) is -0.781. The first-order chi connectivity index (χ1) is 14.7. The van der Waals surface area contributed by atoms with Gasteiger partial charge in [-0.25, -0.2) is 18.2 Å². The highest BCUT2D eigenvalue weighted by molar-refractivity contribution is 7.89. The lowest BCUT2D eigenvalue weighted by molar-refractivity contribution is -0.119. The van der Waals surface area contributed by atoms with E-state index in [-0.39, 0.29) is 22.5 Å². The third kappa shape index (κ3) is 4.42. The number of para-hydroxylation sites is 1. The second-order valence-corrected chi connectivity index (χ2v) is 8.90. The van der Waals surface area contributed by atoms with Crippen molar-refractivity contribution in [3.05, 3.63) is 63.4 Å². The van der Waals surface area contributed by atoms with Crippen LogP contribution in [0.25, 0.3) is 11.0 Å². The molecule has 0 aliphatic heterocycles. The third-order valence-corrected chi connectivity index (χ3v) is 6.77. The van der Waals surface area contributed by atoms with E-state index in [4.69, 9.17) is 0 Å². The molecule has 0 saturated carbocycles. The van der Waals surface area contributed by atoms with E-state index in [9.17, 15) is 22.8 Å². The molecular formula is C20H23N5O5S. The molecule has 0 saturated heterocycles. The van der Waals surface area contributed by atoms with Crippen molar-refractivity contribution in [2.75, 3.05) is 11.9 Å². The van der Waals surface area contributed by atoms with Crippen molar-refractivity contribution >= 4 is 32.7 Å². The number of pyridine rings is 1. The minimum Gasteiger partial charge on any atom is -0.325 e. The quantitative estimate of drug-likeness (QED) is 0.558. The second-order valence-electron chi connectivity index (χ2n) is 7.01. The number of carbonyl (C=O) groups excluding carboxylic acids is 1. The Hall–Kier alpha value is -3.31. The summed E-state index contributed by atoms with van der Waals surface area (Å²) in [6.45, 7) is 3.38. The Morgan fingerprint density at radius 3 is 2.58 bits per heavy atom. The zero-order valence-corrected chi connectivity index (χ0v) is 18.1. The predicted octanol–water partition coefficient (Wildman–Crippen LogP) is 1.05. The average molecular weight is 446 g/mol. The van der Waals surface area contributed by atoms with Gasteiger partial charge in [-0.1, -0.05) is 25.1 Å². The number of anilines is 1. The Kier molecular flexibility index (Phi) is 6.37. The van der Waals surface area contributed by atoms with Gasteiger partial charge in [-0.05, 0) is 31.5 Å². The summed E-state index contributed by atoms with van der Waals surface area (Å²) in [5, 5.41) is 2.66. The molecule has 0 bridgehead atoms. The van der Waals surface area contributed by atoms with Gasteiger partial charge >= 0.3 is 5.69 Å². The van der Waals surface area contributed by atoms with Crippen molar-refractivity contribution in [2.24, 2.45) is 7.05 Å². The van der Waals surface area contributed by atoms with E-state index in [2.05, 4.69) is 15.3 Å². The first-order valence-electron chi connectivity index (χ1n) is 9.63. The summed E-state index contributed by atoms with van der Waals surface area (Å²) < 4.78 is 28.9. The summed E-state index contributed by atoms with van der Waals surface area (Å²) >= 11 is 0. The summed E-state index contributed by atoms with van der Waals surface area (Å²) in [4.78, 5) is 42.6. The van der Waals surface area contributed by atoms with E-state index in [1.807, 2.05) is 0 Å². The van der Waals surface area contributed by atoms with Gasteiger partial charge < -0.3 is 5.32 Å². The Bertz CT molecular complexity index is 1330. The summed E-state index contributed by atoms with van der Waals surface area (Å²) in [6.07, 6.45) is 1.55. The molecule has 0 radical (unpaired) electrons. The number of nitrogens with one attached hydrogen (secondary N) is 2. The van der Waals surface area contributed by atoms with Crippen LogP contribution in [-0.2, 0) is 21.9 Å². The van der Waals surface area contributed by atoms with Crippen molar-refractivity contribution in [1.29, 1.82) is 0 Å². The van der Waals surface area contributed by atoms with Gasteiger partial charge in [0.15, 0.2) is 0 Å². The van der Waals surface area contributed by atoms with Gasteiger partial charge in [-0.15, -0.1) is 0 Å². The van der Waals surface area contributed by atoms with Crippen LogP contribution in [0.15, 0.2) is 57.1 Å². The zero-order valence-electron chi connectivity index (χ0n) is 17.3. The molecule has 1 atom stereocenters. The monoisotopic (exact) mass is 445 g/mol. The van der Waals surface area contributed by atoms with E-state index >= 15 is 0 Å².